The van der Waals surface area contributed by atoms with Gasteiger partial charge in [-0.3, -0.25) is 4.79 Å². The smallest absolute Gasteiger partial charge is 0.371 e. The minimum absolute atomic E-state index is 0.0589. The van der Waals surface area contributed by atoms with Crippen LogP contribution < -0.4 is 11.4 Å². The summed E-state index contributed by atoms with van der Waals surface area (Å²) in [6.07, 6.45) is -0.545. The van der Waals surface area contributed by atoms with Gasteiger partial charge in [-0.2, -0.15) is 4.31 Å². The third kappa shape index (κ3) is 3.99. The molecule has 4 N–H and O–H groups in total. The van der Waals surface area contributed by atoms with Gasteiger partial charge in [-0.05, 0) is 18.1 Å². The topological polar surface area (TPSA) is 168 Å². The van der Waals surface area contributed by atoms with Crippen LogP contribution in [-0.2, 0) is 21.2 Å². The van der Waals surface area contributed by atoms with E-state index in [4.69, 9.17) is 15.9 Å². The van der Waals surface area contributed by atoms with Crippen LogP contribution in [0.3, 0.4) is 0 Å². The number of hydrogen-bond acceptors (Lipinski definition) is 7. The number of sulfonamides is 1. The van der Waals surface area contributed by atoms with Crippen molar-refractivity contribution in [3.8, 4) is 0 Å². The van der Waals surface area contributed by atoms with Crippen LogP contribution in [0.15, 0.2) is 20.2 Å². The predicted molar refractivity (Wildman–Crippen MR) is 81.4 cm³/mol. The number of aromatic carboxylic acids is 1. The zero-order valence-corrected chi connectivity index (χ0v) is 13.9. The first-order valence-electron chi connectivity index (χ1n) is 6.95. The van der Waals surface area contributed by atoms with Gasteiger partial charge in [0.2, 0.25) is 5.76 Å². The number of aliphatic carboxylic acids is 1. The number of hydrogen-bond donors (Lipinski definition) is 3. The maximum atomic E-state index is 12.6. The quantitative estimate of drug-likeness (QED) is 0.542. The van der Waals surface area contributed by atoms with Gasteiger partial charge in [0.25, 0.3) is 10.0 Å². The largest absolute Gasteiger partial charge is 0.480 e. The summed E-state index contributed by atoms with van der Waals surface area (Å²) in [6, 6.07) is -0.706. The van der Waals surface area contributed by atoms with Gasteiger partial charge in [0, 0.05) is 13.1 Å². The molecule has 0 saturated carbocycles. The minimum Gasteiger partial charge on any atom is -0.480 e. The van der Waals surface area contributed by atoms with Crippen LogP contribution in [0.25, 0.3) is 0 Å². The Hall–Kier alpha value is -2.24. The molecule has 0 saturated heterocycles. The number of carbonyl (C=O) groups is 2. The van der Waals surface area contributed by atoms with Gasteiger partial charge in [-0.1, -0.05) is 13.8 Å². The molecule has 0 fully saturated rings. The second kappa shape index (κ2) is 7.55. The van der Waals surface area contributed by atoms with E-state index in [-0.39, 0.29) is 18.7 Å². The molecule has 0 bridgehead atoms. The molecule has 0 aliphatic carbocycles. The van der Waals surface area contributed by atoms with Gasteiger partial charge in [0.1, 0.15) is 6.04 Å². The van der Waals surface area contributed by atoms with Gasteiger partial charge in [0.05, 0.1) is 0 Å². The minimum atomic E-state index is -4.29. The lowest BCUT2D eigenvalue weighted by Gasteiger charge is -2.20. The Balaban J connectivity index is 3.67. The molecule has 0 radical (unpaired) electrons. The fourth-order valence-electron chi connectivity index (χ4n) is 2.08. The number of carboxylic acids is 2. The highest BCUT2D eigenvalue weighted by atomic mass is 32.2. The molecule has 11 heteroatoms. The molecule has 0 aliphatic heterocycles. The Morgan fingerprint density at radius 3 is 2.25 bits per heavy atom. The fraction of sp³-hybridized carbons (Fsp3) is 0.462. The Labute approximate surface area is 137 Å². The fourth-order valence-corrected chi connectivity index (χ4v) is 3.74. The summed E-state index contributed by atoms with van der Waals surface area (Å²) in [4.78, 5) is 33.2. The molecule has 0 amide bonds. The summed E-state index contributed by atoms with van der Waals surface area (Å²) >= 11 is 0. The summed E-state index contributed by atoms with van der Waals surface area (Å²) in [7, 11) is -4.29. The average molecular weight is 362 g/mol. The molecule has 0 spiro atoms. The number of nitrogens with two attached hydrogens (primary N) is 1. The molecular formula is C13H18N2O8S. The van der Waals surface area contributed by atoms with Crippen LogP contribution in [-0.4, -0.2) is 54.0 Å². The zero-order valence-electron chi connectivity index (χ0n) is 13.1. The van der Waals surface area contributed by atoms with E-state index in [0.29, 0.717) is 0 Å². The molecule has 1 atom stereocenters. The first-order chi connectivity index (χ1) is 11.1. The van der Waals surface area contributed by atoms with Crippen molar-refractivity contribution in [2.45, 2.75) is 31.2 Å². The van der Waals surface area contributed by atoms with Crippen LogP contribution in [0.5, 0.6) is 0 Å². The van der Waals surface area contributed by atoms with E-state index < -0.39 is 50.7 Å². The highest BCUT2D eigenvalue weighted by molar-refractivity contribution is 7.89. The molecule has 1 aromatic rings. The number of carboxylic acid groups (broad SMARTS) is 2. The van der Waals surface area contributed by atoms with E-state index in [1.165, 1.54) is 0 Å². The molecule has 24 heavy (non-hydrogen) atoms. The maximum Gasteiger partial charge on any atom is 0.371 e. The van der Waals surface area contributed by atoms with Gasteiger partial charge in [-0.25, -0.2) is 18.0 Å². The number of rotatable bonds is 8. The second-order valence-electron chi connectivity index (χ2n) is 4.80. The van der Waals surface area contributed by atoms with Gasteiger partial charge in [-0.15, -0.1) is 0 Å². The monoisotopic (exact) mass is 362 g/mol. The SMILES string of the molecule is CCN(CC)S(=O)(=O)c1c(CC(N)C(=O)O)cc(C(=O)O)oc1=O. The van der Waals surface area contributed by atoms with E-state index >= 15 is 0 Å². The Kier molecular flexibility index (Phi) is 6.23. The van der Waals surface area contributed by atoms with Crippen molar-refractivity contribution in [3.63, 3.8) is 0 Å². The molecule has 1 aromatic heterocycles. The predicted octanol–water partition coefficient (Wildman–Crippen LogP) is -0.677. The Morgan fingerprint density at radius 1 is 1.29 bits per heavy atom. The highest BCUT2D eigenvalue weighted by Crippen LogP contribution is 2.19. The third-order valence-corrected chi connectivity index (χ3v) is 5.40. The summed E-state index contributed by atoms with van der Waals surface area (Å²) in [5.74, 6) is -3.82. The van der Waals surface area contributed by atoms with Crippen molar-refractivity contribution in [2.24, 2.45) is 5.73 Å². The molecule has 1 unspecified atom stereocenters. The first kappa shape index (κ1) is 19.8. The molecular weight excluding hydrogens is 344 g/mol. The number of nitrogens with zero attached hydrogens (tertiary/aromatic N) is 1. The Bertz CT molecular complexity index is 795. The van der Waals surface area contributed by atoms with Crippen LogP contribution in [0.1, 0.15) is 30.0 Å². The summed E-state index contributed by atoms with van der Waals surface area (Å²) in [5.41, 5.74) is 3.70. The molecule has 0 aliphatic rings. The van der Waals surface area contributed by atoms with E-state index in [2.05, 4.69) is 4.42 Å². The lowest BCUT2D eigenvalue weighted by Crippen LogP contribution is -2.37. The lowest BCUT2D eigenvalue weighted by molar-refractivity contribution is -0.138. The van der Waals surface area contributed by atoms with Crippen molar-refractivity contribution in [3.05, 3.63) is 27.8 Å². The molecule has 134 valence electrons. The van der Waals surface area contributed by atoms with Crippen LogP contribution in [0.2, 0.25) is 0 Å². The zero-order chi connectivity index (χ0) is 18.7. The van der Waals surface area contributed by atoms with Crippen LogP contribution in [0.4, 0.5) is 0 Å². The summed E-state index contributed by atoms with van der Waals surface area (Å²) in [6.45, 7) is 3.22. The second-order valence-corrected chi connectivity index (χ2v) is 6.67. The van der Waals surface area contributed by atoms with Crippen molar-refractivity contribution in [1.29, 1.82) is 0 Å². The van der Waals surface area contributed by atoms with Crippen molar-refractivity contribution < 1.29 is 32.6 Å². The van der Waals surface area contributed by atoms with Gasteiger partial charge in [0.15, 0.2) is 4.90 Å². The van der Waals surface area contributed by atoms with E-state index in [1.54, 1.807) is 13.8 Å². The first-order valence-corrected chi connectivity index (χ1v) is 8.39. The molecule has 10 nitrogen and oxygen atoms in total. The average Bonchev–Trinajstić information content (AvgIpc) is 2.46. The van der Waals surface area contributed by atoms with E-state index in [0.717, 1.165) is 10.4 Å². The normalized spacial score (nSPS) is 13.0. The lowest BCUT2D eigenvalue weighted by atomic mass is 10.1. The van der Waals surface area contributed by atoms with Crippen LogP contribution >= 0.6 is 0 Å². The standard InChI is InChI=1S/C13H18N2O8S/c1-3-15(4-2)24(21,22)10-7(5-8(14)11(16)17)6-9(12(18)19)23-13(10)20/h6,8H,3-5,14H2,1-2H3,(H,16,17)(H,18,19). The summed E-state index contributed by atoms with van der Waals surface area (Å²) < 4.78 is 30.7. The van der Waals surface area contributed by atoms with Gasteiger partial charge < -0.3 is 20.4 Å². The van der Waals surface area contributed by atoms with Crippen molar-refractivity contribution in [1.82, 2.24) is 4.31 Å². The van der Waals surface area contributed by atoms with E-state index in [9.17, 15) is 22.8 Å². The van der Waals surface area contributed by atoms with Crippen molar-refractivity contribution >= 4 is 22.0 Å². The van der Waals surface area contributed by atoms with Gasteiger partial charge >= 0.3 is 17.6 Å². The van der Waals surface area contributed by atoms with Crippen molar-refractivity contribution in [2.75, 3.05) is 13.1 Å². The summed E-state index contributed by atoms with van der Waals surface area (Å²) in [5, 5.41) is 17.8. The van der Waals surface area contributed by atoms with Crippen LogP contribution in [0, 0.1) is 0 Å². The molecule has 1 heterocycles. The third-order valence-electron chi connectivity index (χ3n) is 3.26. The van der Waals surface area contributed by atoms with E-state index in [1.807, 2.05) is 0 Å². The maximum absolute atomic E-state index is 12.6. The molecule has 0 aromatic carbocycles. The Morgan fingerprint density at radius 2 is 1.83 bits per heavy atom. The highest BCUT2D eigenvalue weighted by Gasteiger charge is 2.32. The molecule has 1 rings (SSSR count).